The van der Waals surface area contributed by atoms with Crippen molar-refractivity contribution in [1.82, 2.24) is 10.2 Å². The van der Waals surface area contributed by atoms with Gasteiger partial charge < -0.3 is 19.5 Å². The molecule has 0 aliphatic carbocycles. The molecule has 1 fully saturated rings. The van der Waals surface area contributed by atoms with Crippen LogP contribution in [0.4, 0.5) is 0 Å². The molecule has 1 atom stereocenters. The van der Waals surface area contributed by atoms with Gasteiger partial charge in [-0.3, -0.25) is 9.69 Å². The molecular weight excluding hydrogens is 392 g/mol. The second kappa shape index (κ2) is 10.6. The number of hydrogen-bond acceptors (Lipinski definition) is 5. The van der Waals surface area contributed by atoms with E-state index < -0.39 is 0 Å². The van der Waals surface area contributed by atoms with Crippen LogP contribution >= 0.6 is 0 Å². The molecule has 1 aliphatic rings. The Bertz CT molecular complexity index is 839. The van der Waals surface area contributed by atoms with Gasteiger partial charge in [-0.25, -0.2) is 0 Å². The van der Waals surface area contributed by atoms with Crippen LogP contribution in [-0.4, -0.2) is 57.4 Å². The summed E-state index contributed by atoms with van der Waals surface area (Å²) in [7, 11) is 1.58. The van der Waals surface area contributed by atoms with Gasteiger partial charge in [-0.2, -0.15) is 0 Å². The molecule has 0 bridgehead atoms. The molecule has 1 amide bonds. The molecule has 168 valence electrons. The van der Waals surface area contributed by atoms with Crippen LogP contribution in [-0.2, 0) is 14.9 Å². The Morgan fingerprint density at radius 1 is 1.06 bits per heavy atom. The molecule has 2 aromatic carbocycles. The van der Waals surface area contributed by atoms with Crippen LogP contribution in [0, 0.1) is 0 Å². The van der Waals surface area contributed by atoms with Gasteiger partial charge in [0.05, 0.1) is 26.4 Å². The van der Waals surface area contributed by atoms with Crippen molar-refractivity contribution in [2.45, 2.75) is 32.2 Å². The average Bonchev–Trinajstić information content (AvgIpc) is 2.78. The van der Waals surface area contributed by atoms with E-state index in [9.17, 15) is 4.79 Å². The molecule has 6 nitrogen and oxygen atoms in total. The van der Waals surface area contributed by atoms with Gasteiger partial charge in [-0.05, 0) is 28.7 Å². The number of methoxy groups -OCH3 is 1. The maximum atomic E-state index is 12.5. The van der Waals surface area contributed by atoms with Crippen molar-refractivity contribution in [2.75, 3.05) is 46.6 Å². The normalized spacial score (nSPS) is 15.9. The molecule has 1 N–H and O–H groups in total. The van der Waals surface area contributed by atoms with Crippen LogP contribution in [0.2, 0.25) is 0 Å². The summed E-state index contributed by atoms with van der Waals surface area (Å²) in [5.41, 5.74) is 2.60. The van der Waals surface area contributed by atoms with Crippen molar-refractivity contribution in [3.63, 3.8) is 0 Å². The standard InChI is InChI=1S/C25H34N2O4/c1-25(2,3)20-11-9-19(10-12-20)21(27-13-15-30-16-14-27)17-26-24(28)18-31-23-8-6-5-7-22(23)29-4/h5-12,21H,13-18H2,1-4H3,(H,26,28). The number of nitrogens with one attached hydrogen (secondary N) is 1. The number of rotatable bonds is 8. The van der Waals surface area contributed by atoms with E-state index in [2.05, 4.69) is 55.3 Å². The quantitative estimate of drug-likeness (QED) is 0.699. The largest absolute Gasteiger partial charge is 0.493 e. The van der Waals surface area contributed by atoms with Gasteiger partial charge in [-0.15, -0.1) is 0 Å². The Morgan fingerprint density at radius 2 is 1.71 bits per heavy atom. The highest BCUT2D eigenvalue weighted by Gasteiger charge is 2.24. The summed E-state index contributed by atoms with van der Waals surface area (Å²) in [4.78, 5) is 14.9. The zero-order chi connectivity index (χ0) is 22.3. The first-order valence-corrected chi connectivity index (χ1v) is 10.8. The fourth-order valence-corrected chi connectivity index (χ4v) is 3.70. The molecule has 6 heteroatoms. The third-order valence-corrected chi connectivity index (χ3v) is 5.57. The van der Waals surface area contributed by atoms with E-state index in [1.807, 2.05) is 18.2 Å². The van der Waals surface area contributed by atoms with Gasteiger partial charge >= 0.3 is 0 Å². The van der Waals surface area contributed by atoms with Crippen LogP contribution in [0.3, 0.4) is 0 Å². The van der Waals surface area contributed by atoms with Gasteiger partial charge in [0.15, 0.2) is 18.1 Å². The molecule has 1 heterocycles. The number of carbonyl (C=O) groups is 1. The van der Waals surface area contributed by atoms with Crippen LogP contribution in [0.1, 0.15) is 37.9 Å². The van der Waals surface area contributed by atoms with E-state index in [-0.39, 0.29) is 24.0 Å². The monoisotopic (exact) mass is 426 g/mol. The van der Waals surface area contributed by atoms with E-state index in [0.29, 0.717) is 31.3 Å². The number of amides is 1. The van der Waals surface area contributed by atoms with Gasteiger partial charge in [0.1, 0.15) is 0 Å². The maximum Gasteiger partial charge on any atom is 0.258 e. The molecule has 1 saturated heterocycles. The lowest BCUT2D eigenvalue weighted by atomic mass is 9.86. The second-order valence-corrected chi connectivity index (χ2v) is 8.78. The Morgan fingerprint density at radius 3 is 2.32 bits per heavy atom. The fraction of sp³-hybridized carbons (Fsp3) is 0.480. The van der Waals surface area contributed by atoms with Gasteiger partial charge in [0, 0.05) is 19.6 Å². The van der Waals surface area contributed by atoms with Crippen molar-refractivity contribution in [1.29, 1.82) is 0 Å². The third-order valence-electron chi connectivity index (χ3n) is 5.57. The van der Waals surface area contributed by atoms with E-state index in [0.717, 1.165) is 13.1 Å². The Kier molecular flexibility index (Phi) is 7.93. The first kappa shape index (κ1) is 23.1. The van der Waals surface area contributed by atoms with Crippen molar-refractivity contribution in [2.24, 2.45) is 0 Å². The van der Waals surface area contributed by atoms with Crippen LogP contribution in [0.15, 0.2) is 48.5 Å². The lowest BCUT2D eigenvalue weighted by Gasteiger charge is -2.35. The number of carbonyl (C=O) groups excluding carboxylic acids is 1. The first-order valence-electron chi connectivity index (χ1n) is 10.8. The molecule has 31 heavy (non-hydrogen) atoms. The average molecular weight is 427 g/mol. The number of nitrogens with zero attached hydrogens (tertiary/aromatic N) is 1. The molecule has 1 unspecified atom stereocenters. The van der Waals surface area contributed by atoms with E-state index >= 15 is 0 Å². The maximum absolute atomic E-state index is 12.5. The number of hydrogen-bond donors (Lipinski definition) is 1. The van der Waals surface area contributed by atoms with E-state index in [1.165, 1.54) is 11.1 Å². The zero-order valence-corrected chi connectivity index (χ0v) is 19.0. The van der Waals surface area contributed by atoms with E-state index in [4.69, 9.17) is 14.2 Å². The fourth-order valence-electron chi connectivity index (χ4n) is 3.70. The smallest absolute Gasteiger partial charge is 0.258 e. The first-order chi connectivity index (χ1) is 14.9. The van der Waals surface area contributed by atoms with Crippen molar-refractivity contribution >= 4 is 5.91 Å². The number of para-hydroxylation sites is 2. The van der Waals surface area contributed by atoms with Gasteiger partial charge in [0.25, 0.3) is 5.91 Å². The Labute approximate surface area is 185 Å². The topological polar surface area (TPSA) is 60.0 Å². The van der Waals surface area contributed by atoms with Gasteiger partial charge in [-0.1, -0.05) is 57.2 Å². The Balaban J connectivity index is 1.64. The summed E-state index contributed by atoms with van der Waals surface area (Å²) in [5.74, 6) is 1.01. The number of ether oxygens (including phenoxy) is 3. The predicted octanol–water partition coefficient (Wildman–Crippen LogP) is 3.56. The number of benzene rings is 2. The molecular formula is C25H34N2O4. The minimum absolute atomic E-state index is 0.0564. The molecule has 0 aromatic heterocycles. The minimum Gasteiger partial charge on any atom is -0.493 e. The molecule has 1 aliphatic heterocycles. The third kappa shape index (κ3) is 6.45. The van der Waals surface area contributed by atoms with Crippen LogP contribution < -0.4 is 14.8 Å². The van der Waals surface area contributed by atoms with E-state index in [1.54, 1.807) is 13.2 Å². The highest BCUT2D eigenvalue weighted by molar-refractivity contribution is 5.77. The van der Waals surface area contributed by atoms with Crippen molar-refractivity contribution in [3.8, 4) is 11.5 Å². The molecule has 3 rings (SSSR count). The summed E-state index contributed by atoms with van der Waals surface area (Å²) in [6.07, 6.45) is 0. The lowest BCUT2D eigenvalue weighted by molar-refractivity contribution is -0.123. The molecule has 2 aromatic rings. The summed E-state index contributed by atoms with van der Waals surface area (Å²) in [6.45, 7) is 10.2. The molecule has 0 spiro atoms. The van der Waals surface area contributed by atoms with Crippen LogP contribution in [0.25, 0.3) is 0 Å². The van der Waals surface area contributed by atoms with Crippen LogP contribution in [0.5, 0.6) is 11.5 Å². The van der Waals surface area contributed by atoms with Crippen molar-refractivity contribution < 1.29 is 19.0 Å². The Hall–Kier alpha value is -2.57. The molecule has 0 saturated carbocycles. The number of morpholine rings is 1. The van der Waals surface area contributed by atoms with Crippen molar-refractivity contribution in [3.05, 3.63) is 59.7 Å². The summed E-state index contributed by atoms with van der Waals surface area (Å²) in [5, 5.41) is 3.04. The highest BCUT2D eigenvalue weighted by atomic mass is 16.5. The lowest BCUT2D eigenvalue weighted by Crippen LogP contribution is -2.44. The molecule has 0 radical (unpaired) electrons. The second-order valence-electron chi connectivity index (χ2n) is 8.78. The zero-order valence-electron chi connectivity index (χ0n) is 19.0. The van der Waals surface area contributed by atoms with Gasteiger partial charge in [0.2, 0.25) is 0 Å². The SMILES string of the molecule is COc1ccccc1OCC(=O)NCC(c1ccc(C(C)(C)C)cc1)N1CCOCC1. The summed E-state index contributed by atoms with van der Waals surface area (Å²) in [6, 6.07) is 16.1. The summed E-state index contributed by atoms with van der Waals surface area (Å²) < 4.78 is 16.5. The minimum atomic E-state index is -0.157. The summed E-state index contributed by atoms with van der Waals surface area (Å²) >= 11 is 0. The predicted molar refractivity (Wildman–Crippen MR) is 122 cm³/mol. The highest BCUT2D eigenvalue weighted by Crippen LogP contribution is 2.27.